The summed E-state index contributed by atoms with van der Waals surface area (Å²) in [6.07, 6.45) is 4.52. The zero-order valence-electron chi connectivity index (χ0n) is 19.9. The van der Waals surface area contributed by atoms with E-state index in [4.69, 9.17) is 9.47 Å². The first kappa shape index (κ1) is 24.9. The number of hydrogen-bond donors (Lipinski definition) is 1. The number of carbonyl (C=O) groups excluding carboxylic acids is 3. The van der Waals surface area contributed by atoms with Gasteiger partial charge in [-0.3, -0.25) is 9.36 Å². The molecular weight excluding hydrogens is 488 g/mol. The minimum absolute atomic E-state index is 0.314. The maximum atomic E-state index is 12.6. The molecule has 1 N–H and O–H groups in total. The van der Waals surface area contributed by atoms with Gasteiger partial charge in [-0.25, -0.2) is 9.59 Å². The Labute approximate surface area is 211 Å². The van der Waals surface area contributed by atoms with E-state index in [-0.39, 0.29) is 0 Å². The number of fused-ring (bicyclic) bond motifs is 1. The number of esters is 2. The van der Waals surface area contributed by atoms with Crippen LogP contribution >= 0.6 is 23.1 Å². The maximum absolute atomic E-state index is 12.6. The number of aryl methyl sites for hydroxylation is 1. The molecule has 184 valence electrons. The molecule has 2 aromatic heterocycles. The van der Waals surface area contributed by atoms with Crippen LogP contribution in [0.2, 0.25) is 0 Å². The van der Waals surface area contributed by atoms with Crippen molar-refractivity contribution in [2.45, 2.75) is 38.3 Å². The third-order valence-electron chi connectivity index (χ3n) is 5.83. The van der Waals surface area contributed by atoms with Crippen molar-refractivity contribution in [3.05, 3.63) is 51.7 Å². The van der Waals surface area contributed by atoms with E-state index < -0.39 is 24.5 Å². The second kappa shape index (κ2) is 10.6. The lowest BCUT2D eigenvalue weighted by atomic mass is 9.88. The fourth-order valence-corrected chi connectivity index (χ4v) is 6.01. The summed E-state index contributed by atoms with van der Waals surface area (Å²) in [5.41, 5.74) is 2.48. The monoisotopic (exact) mass is 514 g/mol. The zero-order chi connectivity index (χ0) is 25.1. The van der Waals surface area contributed by atoms with Crippen LogP contribution in [0.25, 0.3) is 5.69 Å². The molecular formula is C24H26N4O5S2. The van der Waals surface area contributed by atoms with Gasteiger partial charge in [0.1, 0.15) is 10.8 Å². The molecule has 0 saturated heterocycles. The molecule has 4 rings (SSSR count). The topological polar surface area (TPSA) is 112 Å². The van der Waals surface area contributed by atoms with Crippen LogP contribution in [0.1, 0.15) is 50.3 Å². The number of aromatic nitrogens is 3. The summed E-state index contributed by atoms with van der Waals surface area (Å²) >= 11 is 2.86. The highest BCUT2D eigenvalue weighted by Gasteiger charge is 2.29. The van der Waals surface area contributed by atoms with Crippen molar-refractivity contribution >= 4 is 45.9 Å². The Morgan fingerprint density at radius 1 is 1.20 bits per heavy atom. The molecule has 1 atom stereocenters. The first-order valence-corrected chi connectivity index (χ1v) is 13.1. The van der Waals surface area contributed by atoms with Gasteiger partial charge in [0.05, 0.1) is 18.2 Å². The lowest BCUT2D eigenvalue weighted by Gasteiger charge is -2.18. The smallest absolute Gasteiger partial charge is 0.341 e. The van der Waals surface area contributed by atoms with Gasteiger partial charge in [0.25, 0.3) is 5.91 Å². The fraction of sp³-hybridized carbons (Fsp3) is 0.375. The number of thiophene rings is 1. The third-order valence-corrected chi connectivity index (χ3v) is 7.63. The SMILES string of the molecule is COC(=O)c1c(NC(=O)COC(=O)c2ccc(-n3c(C)nnc3SC)cc2)sc2c1CCC(C)C2. The molecule has 0 saturated carbocycles. The van der Waals surface area contributed by atoms with Gasteiger partial charge >= 0.3 is 11.9 Å². The predicted octanol–water partition coefficient (Wildman–Crippen LogP) is 4.07. The Balaban J connectivity index is 1.41. The number of rotatable bonds is 7. The third kappa shape index (κ3) is 5.25. The van der Waals surface area contributed by atoms with Crippen LogP contribution < -0.4 is 5.32 Å². The standard InChI is InChI=1S/C24H26N4O5S2/c1-13-5-10-17-18(11-13)35-21(20(17)23(31)32-3)25-19(29)12-33-22(30)15-6-8-16(9-7-15)28-14(2)26-27-24(28)34-4/h6-9,13H,5,10-12H2,1-4H3,(H,25,29). The van der Waals surface area contributed by atoms with Crippen molar-refractivity contribution in [1.29, 1.82) is 0 Å². The van der Waals surface area contributed by atoms with Crippen LogP contribution in [-0.4, -0.2) is 52.6 Å². The summed E-state index contributed by atoms with van der Waals surface area (Å²) in [5.74, 6) is -0.361. The van der Waals surface area contributed by atoms with Crippen molar-refractivity contribution in [2.24, 2.45) is 5.92 Å². The van der Waals surface area contributed by atoms with Crippen LogP contribution in [-0.2, 0) is 27.1 Å². The molecule has 0 fully saturated rings. The van der Waals surface area contributed by atoms with E-state index in [2.05, 4.69) is 22.4 Å². The average molecular weight is 515 g/mol. The number of anilines is 1. The van der Waals surface area contributed by atoms with Gasteiger partial charge in [0, 0.05) is 10.6 Å². The first-order chi connectivity index (χ1) is 16.8. The highest BCUT2D eigenvalue weighted by molar-refractivity contribution is 7.98. The quantitative estimate of drug-likeness (QED) is 0.371. The van der Waals surface area contributed by atoms with E-state index in [9.17, 15) is 14.4 Å². The van der Waals surface area contributed by atoms with Crippen LogP contribution in [0, 0.1) is 12.8 Å². The van der Waals surface area contributed by atoms with Crippen LogP contribution in [0.15, 0.2) is 29.4 Å². The number of thioether (sulfide) groups is 1. The van der Waals surface area contributed by atoms with Crippen molar-refractivity contribution < 1.29 is 23.9 Å². The molecule has 35 heavy (non-hydrogen) atoms. The molecule has 1 aliphatic carbocycles. The number of nitrogens with one attached hydrogen (secondary N) is 1. The molecule has 9 nitrogen and oxygen atoms in total. The number of hydrogen-bond acceptors (Lipinski definition) is 9. The molecule has 0 aliphatic heterocycles. The van der Waals surface area contributed by atoms with Gasteiger partial charge in [-0.2, -0.15) is 0 Å². The van der Waals surface area contributed by atoms with Gasteiger partial charge < -0.3 is 14.8 Å². The van der Waals surface area contributed by atoms with Gasteiger partial charge in [0.15, 0.2) is 11.8 Å². The lowest BCUT2D eigenvalue weighted by Crippen LogP contribution is -2.22. The molecule has 0 bridgehead atoms. The van der Waals surface area contributed by atoms with E-state index in [0.717, 1.165) is 46.4 Å². The Bertz CT molecular complexity index is 1270. The minimum atomic E-state index is -0.621. The Hall–Kier alpha value is -3.18. The lowest BCUT2D eigenvalue weighted by molar-refractivity contribution is -0.119. The number of amides is 1. The molecule has 0 spiro atoms. The average Bonchev–Trinajstić information content (AvgIpc) is 3.41. The summed E-state index contributed by atoms with van der Waals surface area (Å²) in [5, 5.41) is 12.1. The second-order valence-corrected chi connectivity index (χ2v) is 10.2. The van der Waals surface area contributed by atoms with Crippen LogP contribution in [0.4, 0.5) is 5.00 Å². The number of benzene rings is 1. The van der Waals surface area contributed by atoms with Gasteiger partial charge in [-0.15, -0.1) is 21.5 Å². The van der Waals surface area contributed by atoms with Gasteiger partial charge in [-0.1, -0.05) is 18.7 Å². The zero-order valence-corrected chi connectivity index (χ0v) is 21.5. The van der Waals surface area contributed by atoms with E-state index in [0.29, 0.717) is 22.0 Å². The second-order valence-electron chi connectivity index (χ2n) is 8.29. The predicted molar refractivity (Wildman–Crippen MR) is 134 cm³/mol. The number of carbonyl (C=O) groups is 3. The number of methoxy groups -OCH3 is 1. The first-order valence-electron chi connectivity index (χ1n) is 11.1. The molecule has 1 amide bonds. The number of nitrogens with zero attached hydrogens (tertiary/aromatic N) is 3. The van der Waals surface area contributed by atoms with Crippen molar-refractivity contribution in [3.8, 4) is 5.69 Å². The van der Waals surface area contributed by atoms with Gasteiger partial charge in [-0.05, 0) is 68.2 Å². The highest BCUT2D eigenvalue weighted by Crippen LogP contribution is 2.40. The molecule has 3 aromatic rings. The Morgan fingerprint density at radius 2 is 1.94 bits per heavy atom. The van der Waals surface area contributed by atoms with E-state index >= 15 is 0 Å². The van der Waals surface area contributed by atoms with Crippen molar-refractivity contribution in [1.82, 2.24) is 14.8 Å². The summed E-state index contributed by atoms with van der Waals surface area (Å²) in [6, 6.07) is 6.80. The normalized spacial score (nSPS) is 14.8. The van der Waals surface area contributed by atoms with Crippen LogP contribution in [0.3, 0.4) is 0 Å². The van der Waals surface area contributed by atoms with E-state index in [1.807, 2.05) is 17.7 Å². The Kier molecular flexibility index (Phi) is 7.56. The molecule has 1 aromatic carbocycles. The molecule has 1 aliphatic rings. The maximum Gasteiger partial charge on any atom is 0.341 e. The Morgan fingerprint density at radius 3 is 2.63 bits per heavy atom. The fourth-order valence-electron chi connectivity index (χ4n) is 4.05. The molecule has 2 heterocycles. The summed E-state index contributed by atoms with van der Waals surface area (Å²) in [6.45, 7) is 3.55. The van der Waals surface area contributed by atoms with Gasteiger partial charge in [0.2, 0.25) is 0 Å². The molecule has 0 radical (unpaired) electrons. The number of ether oxygens (including phenoxy) is 2. The van der Waals surface area contributed by atoms with E-state index in [1.165, 1.54) is 30.2 Å². The minimum Gasteiger partial charge on any atom is -0.465 e. The van der Waals surface area contributed by atoms with Crippen molar-refractivity contribution in [3.63, 3.8) is 0 Å². The largest absolute Gasteiger partial charge is 0.465 e. The highest BCUT2D eigenvalue weighted by atomic mass is 32.2. The summed E-state index contributed by atoms with van der Waals surface area (Å²) in [7, 11) is 1.32. The molecule has 11 heteroatoms. The van der Waals surface area contributed by atoms with Crippen molar-refractivity contribution in [2.75, 3.05) is 25.3 Å². The summed E-state index contributed by atoms with van der Waals surface area (Å²) in [4.78, 5) is 38.5. The molecule has 1 unspecified atom stereocenters. The van der Waals surface area contributed by atoms with E-state index in [1.54, 1.807) is 24.3 Å². The van der Waals surface area contributed by atoms with Crippen LogP contribution in [0.5, 0.6) is 0 Å². The summed E-state index contributed by atoms with van der Waals surface area (Å²) < 4.78 is 12.0.